The SMILES string of the molecule is Cc1ccc(C[C@@H](CNC(=O)CC(F)(F)F)n2c(=NC(=O)O)n(Cc3ccc(C)cc3)c3ccccc32)cc1. The zero-order chi connectivity index (χ0) is 28.2. The quantitative estimate of drug-likeness (QED) is 0.309. The maximum Gasteiger partial charge on any atom is 0.434 e. The van der Waals surface area contributed by atoms with Crippen molar-refractivity contribution in [2.24, 2.45) is 4.99 Å². The number of para-hydroxylation sites is 2. The van der Waals surface area contributed by atoms with Gasteiger partial charge in [0, 0.05) is 6.54 Å². The Morgan fingerprint density at radius 1 is 0.897 bits per heavy atom. The Bertz CT molecular complexity index is 1540. The molecule has 10 heteroatoms. The van der Waals surface area contributed by atoms with Crippen LogP contribution < -0.4 is 10.9 Å². The summed E-state index contributed by atoms with van der Waals surface area (Å²) in [4.78, 5) is 28.0. The van der Waals surface area contributed by atoms with Gasteiger partial charge >= 0.3 is 12.3 Å². The molecule has 0 aliphatic carbocycles. The number of carbonyl (C=O) groups is 2. The topological polar surface area (TPSA) is 88.6 Å². The van der Waals surface area contributed by atoms with Crippen LogP contribution in [0.1, 0.15) is 34.7 Å². The van der Waals surface area contributed by atoms with Gasteiger partial charge in [-0.05, 0) is 43.5 Å². The van der Waals surface area contributed by atoms with Gasteiger partial charge in [-0.2, -0.15) is 13.2 Å². The molecular formula is C29H29F3N4O3. The average Bonchev–Trinajstić information content (AvgIpc) is 3.15. The van der Waals surface area contributed by atoms with Crippen molar-refractivity contribution < 1.29 is 27.9 Å². The Balaban J connectivity index is 1.86. The van der Waals surface area contributed by atoms with Crippen LogP contribution in [0.15, 0.2) is 77.8 Å². The molecular weight excluding hydrogens is 509 g/mol. The van der Waals surface area contributed by atoms with Gasteiger partial charge in [0.1, 0.15) is 6.42 Å². The molecule has 0 radical (unpaired) electrons. The lowest BCUT2D eigenvalue weighted by molar-refractivity contribution is -0.153. The third-order valence-corrected chi connectivity index (χ3v) is 6.40. The van der Waals surface area contributed by atoms with Crippen LogP contribution in [0.25, 0.3) is 11.0 Å². The van der Waals surface area contributed by atoms with Crippen LogP contribution in [-0.4, -0.2) is 39.0 Å². The van der Waals surface area contributed by atoms with E-state index < -0.39 is 30.6 Å². The highest BCUT2D eigenvalue weighted by atomic mass is 19.4. The summed E-state index contributed by atoms with van der Waals surface area (Å²) >= 11 is 0. The largest absolute Gasteiger partial charge is 0.463 e. The molecule has 1 heterocycles. The van der Waals surface area contributed by atoms with Crippen LogP contribution in [-0.2, 0) is 17.8 Å². The van der Waals surface area contributed by atoms with Crippen molar-refractivity contribution >= 4 is 23.0 Å². The third-order valence-electron chi connectivity index (χ3n) is 6.40. The molecule has 0 aliphatic rings. The molecule has 3 aromatic carbocycles. The third kappa shape index (κ3) is 7.16. The molecule has 4 aromatic rings. The van der Waals surface area contributed by atoms with Crippen molar-refractivity contribution in [1.29, 1.82) is 0 Å². The van der Waals surface area contributed by atoms with Gasteiger partial charge in [0.15, 0.2) is 0 Å². The van der Waals surface area contributed by atoms with Gasteiger partial charge in [-0.1, -0.05) is 71.8 Å². The van der Waals surface area contributed by atoms with Crippen molar-refractivity contribution in [2.45, 2.75) is 45.5 Å². The highest BCUT2D eigenvalue weighted by molar-refractivity contribution is 5.78. The number of amides is 2. The Labute approximate surface area is 223 Å². The fourth-order valence-corrected chi connectivity index (χ4v) is 4.56. The van der Waals surface area contributed by atoms with Crippen LogP contribution in [0, 0.1) is 13.8 Å². The Morgan fingerprint density at radius 2 is 1.46 bits per heavy atom. The van der Waals surface area contributed by atoms with E-state index in [1.165, 1.54) is 0 Å². The summed E-state index contributed by atoms with van der Waals surface area (Å²) in [6.45, 7) is 4.07. The van der Waals surface area contributed by atoms with Gasteiger partial charge in [-0.25, -0.2) is 4.79 Å². The smallest absolute Gasteiger partial charge is 0.434 e. The van der Waals surface area contributed by atoms with Gasteiger partial charge in [-0.15, -0.1) is 4.99 Å². The van der Waals surface area contributed by atoms with E-state index in [1.54, 1.807) is 15.2 Å². The minimum atomic E-state index is -4.64. The first-order chi connectivity index (χ1) is 18.5. The maximum absolute atomic E-state index is 12.8. The van der Waals surface area contributed by atoms with E-state index in [1.807, 2.05) is 80.6 Å². The standard InChI is InChI=1S/C29H29F3N4O3/c1-19-7-11-21(12-8-19)15-23(17-33-26(37)16-29(30,31)32)36-25-6-4-3-5-24(25)35(27(36)34-28(38)39)18-22-13-9-20(2)10-14-22/h3-14,23H,15-18H2,1-2H3,(H,33,37)(H,38,39)/t23-/m0/s1. The number of halogens is 3. The minimum Gasteiger partial charge on any atom is -0.463 e. The maximum atomic E-state index is 12.8. The van der Waals surface area contributed by atoms with E-state index in [9.17, 15) is 27.9 Å². The van der Waals surface area contributed by atoms with Crippen molar-refractivity contribution in [2.75, 3.05) is 6.54 Å². The van der Waals surface area contributed by atoms with Crippen molar-refractivity contribution in [1.82, 2.24) is 14.5 Å². The van der Waals surface area contributed by atoms with Crippen LogP contribution in [0.5, 0.6) is 0 Å². The average molecular weight is 539 g/mol. The number of fused-ring (bicyclic) bond motifs is 1. The Hall–Kier alpha value is -4.34. The number of aromatic nitrogens is 2. The zero-order valence-corrected chi connectivity index (χ0v) is 21.6. The summed E-state index contributed by atoms with van der Waals surface area (Å²) in [5.41, 5.74) is 5.38. The number of carboxylic acid groups (broad SMARTS) is 1. The van der Waals surface area contributed by atoms with E-state index in [0.717, 1.165) is 22.3 Å². The molecule has 7 nitrogen and oxygen atoms in total. The molecule has 0 fully saturated rings. The van der Waals surface area contributed by atoms with E-state index in [2.05, 4.69) is 10.3 Å². The highest BCUT2D eigenvalue weighted by Crippen LogP contribution is 2.23. The van der Waals surface area contributed by atoms with Gasteiger partial charge in [0.05, 0.1) is 23.6 Å². The van der Waals surface area contributed by atoms with E-state index >= 15 is 0 Å². The zero-order valence-electron chi connectivity index (χ0n) is 21.6. The molecule has 39 heavy (non-hydrogen) atoms. The second-order valence-corrected chi connectivity index (χ2v) is 9.56. The highest BCUT2D eigenvalue weighted by Gasteiger charge is 2.31. The summed E-state index contributed by atoms with van der Waals surface area (Å²) in [7, 11) is 0. The lowest BCUT2D eigenvalue weighted by atomic mass is 10.0. The number of nitrogens with one attached hydrogen (secondary N) is 1. The second kappa shape index (κ2) is 11.6. The summed E-state index contributed by atoms with van der Waals surface area (Å²) in [6.07, 6.45) is -7.33. The number of aryl methyl sites for hydroxylation is 2. The fraction of sp³-hybridized carbons (Fsp3) is 0.276. The van der Waals surface area contributed by atoms with Gasteiger partial charge < -0.3 is 19.6 Å². The lowest BCUT2D eigenvalue weighted by Crippen LogP contribution is -2.38. The second-order valence-electron chi connectivity index (χ2n) is 9.56. The van der Waals surface area contributed by atoms with Gasteiger partial charge in [-0.3, -0.25) is 4.79 Å². The number of imidazole rings is 1. The molecule has 0 unspecified atom stereocenters. The number of alkyl halides is 3. The Kier molecular flexibility index (Phi) is 8.23. The summed E-state index contributed by atoms with van der Waals surface area (Å²) < 4.78 is 42.0. The monoisotopic (exact) mass is 538 g/mol. The number of carbonyl (C=O) groups excluding carboxylic acids is 1. The molecule has 2 N–H and O–H groups in total. The molecule has 0 saturated heterocycles. The van der Waals surface area contributed by atoms with Crippen molar-refractivity contribution in [3.8, 4) is 0 Å². The normalized spacial score (nSPS) is 13.0. The molecule has 4 rings (SSSR count). The first kappa shape index (κ1) is 27.7. The van der Waals surface area contributed by atoms with Crippen LogP contribution in [0.4, 0.5) is 18.0 Å². The predicted molar refractivity (Wildman–Crippen MR) is 141 cm³/mol. The molecule has 0 spiro atoms. The molecule has 204 valence electrons. The van der Waals surface area contributed by atoms with Crippen LogP contribution >= 0.6 is 0 Å². The number of rotatable bonds is 8. The molecule has 0 bridgehead atoms. The number of hydrogen-bond acceptors (Lipinski definition) is 2. The van der Waals surface area contributed by atoms with E-state index in [4.69, 9.17) is 0 Å². The molecule has 0 aliphatic heterocycles. The van der Waals surface area contributed by atoms with Gasteiger partial charge in [0.2, 0.25) is 11.5 Å². The first-order valence-corrected chi connectivity index (χ1v) is 12.4. The Morgan fingerprint density at radius 3 is 2.03 bits per heavy atom. The van der Waals surface area contributed by atoms with Crippen LogP contribution in [0.3, 0.4) is 0 Å². The van der Waals surface area contributed by atoms with Gasteiger partial charge in [0.25, 0.3) is 0 Å². The first-order valence-electron chi connectivity index (χ1n) is 12.4. The molecule has 0 saturated carbocycles. The van der Waals surface area contributed by atoms with Crippen LogP contribution in [0.2, 0.25) is 0 Å². The minimum absolute atomic E-state index is 0.117. The summed E-state index contributed by atoms with van der Waals surface area (Å²) in [5.74, 6) is -1.16. The molecule has 2 amide bonds. The number of hydrogen-bond donors (Lipinski definition) is 2. The number of nitrogens with zero attached hydrogens (tertiary/aromatic N) is 3. The van der Waals surface area contributed by atoms with Crippen molar-refractivity contribution in [3.63, 3.8) is 0 Å². The molecule has 1 aromatic heterocycles. The van der Waals surface area contributed by atoms with Crippen molar-refractivity contribution in [3.05, 3.63) is 101 Å². The summed E-state index contributed by atoms with van der Waals surface area (Å²) in [5, 5.41) is 12.1. The number of benzene rings is 3. The summed E-state index contributed by atoms with van der Waals surface area (Å²) in [6, 6.07) is 22.1. The van der Waals surface area contributed by atoms with E-state index in [-0.39, 0.29) is 12.2 Å². The van der Waals surface area contributed by atoms with E-state index in [0.29, 0.717) is 24.0 Å². The predicted octanol–water partition coefficient (Wildman–Crippen LogP) is 5.54. The fourth-order valence-electron chi connectivity index (χ4n) is 4.56. The lowest BCUT2D eigenvalue weighted by Gasteiger charge is -2.21. The molecule has 1 atom stereocenters.